The summed E-state index contributed by atoms with van der Waals surface area (Å²) in [5.74, 6) is 1.68. The molecule has 7 heteroatoms. The molecule has 0 amide bonds. The van der Waals surface area contributed by atoms with Gasteiger partial charge in [0.05, 0.1) is 35.6 Å². The number of ether oxygens (including phenoxy) is 2. The van der Waals surface area contributed by atoms with Crippen molar-refractivity contribution < 1.29 is 9.47 Å². The van der Waals surface area contributed by atoms with E-state index in [0.717, 1.165) is 105 Å². The van der Waals surface area contributed by atoms with Crippen molar-refractivity contribution in [2.45, 2.75) is 39.5 Å². The Morgan fingerprint density at radius 3 is 1.40 bits per heavy atom. The van der Waals surface area contributed by atoms with E-state index in [2.05, 4.69) is 85.1 Å². The number of benzene rings is 4. The Kier molecular flexibility index (Phi) is 10.0. The van der Waals surface area contributed by atoms with Crippen LogP contribution in [0.15, 0.2) is 84.9 Å². The van der Waals surface area contributed by atoms with Gasteiger partial charge in [-0.05, 0) is 49.9 Å². The quantitative estimate of drug-likeness (QED) is 0.102. The number of rotatable bonds is 13. The number of anilines is 2. The summed E-state index contributed by atoms with van der Waals surface area (Å²) < 4.78 is 12.1. The zero-order chi connectivity index (χ0) is 28.7. The van der Waals surface area contributed by atoms with Crippen LogP contribution in [-0.4, -0.2) is 36.3 Å². The molecule has 0 aliphatic rings. The van der Waals surface area contributed by atoms with Crippen LogP contribution in [0.3, 0.4) is 0 Å². The second-order valence-corrected chi connectivity index (χ2v) is 10.6. The summed E-state index contributed by atoms with van der Waals surface area (Å²) in [5, 5.41) is 11.9. The van der Waals surface area contributed by atoms with Gasteiger partial charge in [-0.3, -0.25) is 0 Å². The number of nitrogens with zero attached hydrogens (tertiary/aromatic N) is 2. The molecular formula is C36H39ClN4O2. The third-order valence-electron chi connectivity index (χ3n) is 7.48. The SMILES string of the molecule is CCCOc1cccc2c(NCCCCNc3c4ccccc4nc4c(OCCC)cccc34)c3ccccc3nc12.Cl. The van der Waals surface area contributed by atoms with Crippen molar-refractivity contribution in [1.82, 2.24) is 9.97 Å². The van der Waals surface area contributed by atoms with Gasteiger partial charge in [-0.25, -0.2) is 9.97 Å². The molecule has 0 radical (unpaired) electrons. The van der Waals surface area contributed by atoms with Gasteiger partial charge in [0, 0.05) is 34.6 Å². The number of para-hydroxylation sites is 4. The van der Waals surface area contributed by atoms with Crippen LogP contribution in [0, 0.1) is 0 Å². The Balaban J connectivity index is 0.00000368. The molecule has 0 fully saturated rings. The molecule has 6 rings (SSSR count). The molecule has 0 saturated heterocycles. The van der Waals surface area contributed by atoms with Gasteiger partial charge in [0.25, 0.3) is 0 Å². The number of hydrogen-bond donors (Lipinski definition) is 2. The van der Waals surface area contributed by atoms with Crippen LogP contribution in [0.25, 0.3) is 43.6 Å². The van der Waals surface area contributed by atoms with E-state index in [-0.39, 0.29) is 12.4 Å². The van der Waals surface area contributed by atoms with E-state index in [1.807, 2.05) is 24.3 Å². The number of aromatic nitrogens is 2. The second kappa shape index (κ2) is 14.3. The molecule has 0 aliphatic heterocycles. The number of unbranched alkanes of at least 4 members (excludes halogenated alkanes) is 1. The van der Waals surface area contributed by atoms with Crippen molar-refractivity contribution in [2.75, 3.05) is 36.9 Å². The average molecular weight is 595 g/mol. The molecule has 2 aromatic heterocycles. The standard InChI is InChI=1S/C36H38N4O2.ClH/c1-3-23-41-31-19-11-15-27-33(25-13-5-7-17-29(25)39-35(27)31)37-21-9-10-22-38-34-26-14-6-8-18-30(26)40-36-28(34)16-12-20-32(36)42-24-4-2;/h5-8,11-20H,3-4,9-10,21-24H2,1-2H3,(H,37,39)(H,38,40);1H. The summed E-state index contributed by atoms with van der Waals surface area (Å²) in [6.07, 6.45) is 3.95. The number of pyridine rings is 2. The highest BCUT2D eigenvalue weighted by Crippen LogP contribution is 2.36. The molecular weight excluding hydrogens is 556 g/mol. The zero-order valence-electron chi connectivity index (χ0n) is 24.9. The normalized spacial score (nSPS) is 11.1. The highest BCUT2D eigenvalue weighted by molar-refractivity contribution is 6.10. The van der Waals surface area contributed by atoms with Crippen LogP contribution < -0.4 is 20.1 Å². The van der Waals surface area contributed by atoms with Crippen molar-refractivity contribution >= 4 is 67.4 Å². The summed E-state index contributed by atoms with van der Waals surface area (Å²) in [6.45, 7) is 7.32. The highest BCUT2D eigenvalue weighted by Gasteiger charge is 2.14. The van der Waals surface area contributed by atoms with Crippen molar-refractivity contribution in [3.63, 3.8) is 0 Å². The molecule has 6 nitrogen and oxygen atoms in total. The van der Waals surface area contributed by atoms with Gasteiger partial charge in [0.15, 0.2) is 0 Å². The first-order valence-electron chi connectivity index (χ1n) is 15.1. The molecule has 4 aromatic carbocycles. The first-order chi connectivity index (χ1) is 20.8. The van der Waals surface area contributed by atoms with Crippen molar-refractivity contribution in [3.8, 4) is 11.5 Å². The third-order valence-corrected chi connectivity index (χ3v) is 7.48. The Labute approximate surface area is 259 Å². The lowest BCUT2D eigenvalue weighted by atomic mass is 10.1. The van der Waals surface area contributed by atoms with Crippen LogP contribution in [-0.2, 0) is 0 Å². The minimum atomic E-state index is 0. The van der Waals surface area contributed by atoms with Crippen LogP contribution >= 0.6 is 12.4 Å². The smallest absolute Gasteiger partial charge is 0.145 e. The Morgan fingerprint density at radius 1 is 0.535 bits per heavy atom. The lowest BCUT2D eigenvalue weighted by Crippen LogP contribution is -2.08. The fourth-order valence-electron chi connectivity index (χ4n) is 5.49. The fourth-order valence-corrected chi connectivity index (χ4v) is 5.49. The van der Waals surface area contributed by atoms with Gasteiger partial charge >= 0.3 is 0 Å². The average Bonchev–Trinajstić information content (AvgIpc) is 3.03. The molecule has 0 bridgehead atoms. The van der Waals surface area contributed by atoms with E-state index in [1.54, 1.807) is 0 Å². The Hall–Kier alpha value is -4.29. The van der Waals surface area contributed by atoms with Gasteiger partial charge in [-0.1, -0.05) is 74.5 Å². The molecule has 2 N–H and O–H groups in total. The Bertz CT molecular complexity index is 1710. The molecule has 43 heavy (non-hydrogen) atoms. The lowest BCUT2D eigenvalue weighted by molar-refractivity contribution is 0.320. The number of hydrogen-bond acceptors (Lipinski definition) is 6. The van der Waals surface area contributed by atoms with Crippen LogP contribution in [0.1, 0.15) is 39.5 Å². The first-order valence-corrected chi connectivity index (χ1v) is 15.1. The molecule has 0 saturated carbocycles. The maximum absolute atomic E-state index is 6.05. The van der Waals surface area contributed by atoms with Gasteiger partial charge in [0.2, 0.25) is 0 Å². The van der Waals surface area contributed by atoms with E-state index >= 15 is 0 Å². The summed E-state index contributed by atoms with van der Waals surface area (Å²) >= 11 is 0. The predicted molar refractivity (Wildman–Crippen MR) is 184 cm³/mol. The molecule has 0 unspecified atom stereocenters. The largest absolute Gasteiger partial charge is 0.491 e. The third kappa shape index (κ3) is 6.40. The summed E-state index contributed by atoms with van der Waals surface area (Å²) in [5.41, 5.74) is 6.01. The monoisotopic (exact) mass is 594 g/mol. The topological polar surface area (TPSA) is 68.3 Å². The maximum Gasteiger partial charge on any atom is 0.145 e. The minimum absolute atomic E-state index is 0. The lowest BCUT2D eigenvalue weighted by Gasteiger charge is -2.16. The zero-order valence-corrected chi connectivity index (χ0v) is 25.7. The maximum atomic E-state index is 6.05. The summed E-state index contributed by atoms with van der Waals surface area (Å²) in [6, 6.07) is 29.1. The summed E-state index contributed by atoms with van der Waals surface area (Å²) in [4.78, 5) is 9.93. The molecule has 6 aromatic rings. The molecule has 0 spiro atoms. The fraction of sp³-hybridized carbons (Fsp3) is 0.278. The Morgan fingerprint density at radius 2 is 0.953 bits per heavy atom. The summed E-state index contributed by atoms with van der Waals surface area (Å²) in [7, 11) is 0. The van der Waals surface area contributed by atoms with Crippen molar-refractivity contribution in [1.29, 1.82) is 0 Å². The van der Waals surface area contributed by atoms with E-state index in [4.69, 9.17) is 19.4 Å². The molecule has 222 valence electrons. The predicted octanol–water partition coefficient (Wildman–Crippen LogP) is 9.39. The minimum Gasteiger partial charge on any atom is -0.491 e. The van der Waals surface area contributed by atoms with E-state index in [1.165, 1.54) is 0 Å². The second-order valence-electron chi connectivity index (χ2n) is 10.6. The molecule has 0 atom stereocenters. The van der Waals surface area contributed by atoms with Crippen LogP contribution in [0.4, 0.5) is 11.4 Å². The van der Waals surface area contributed by atoms with Crippen molar-refractivity contribution in [2.24, 2.45) is 0 Å². The van der Waals surface area contributed by atoms with Gasteiger partial charge in [-0.15, -0.1) is 12.4 Å². The van der Waals surface area contributed by atoms with Gasteiger partial charge in [0.1, 0.15) is 22.5 Å². The number of fused-ring (bicyclic) bond motifs is 4. The highest BCUT2D eigenvalue weighted by atomic mass is 35.5. The van der Waals surface area contributed by atoms with Crippen molar-refractivity contribution in [3.05, 3.63) is 84.9 Å². The van der Waals surface area contributed by atoms with Crippen LogP contribution in [0.2, 0.25) is 0 Å². The van der Waals surface area contributed by atoms with Crippen LogP contribution in [0.5, 0.6) is 11.5 Å². The van der Waals surface area contributed by atoms with E-state index in [9.17, 15) is 0 Å². The number of halogens is 1. The van der Waals surface area contributed by atoms with Gasteiger partial charge < -0.3 is 20.1 Å². The molecule has 0 aliphatic carbocycles. The number of nitrogens with one attached hydrogen (secondary N) is 2. The van der Waals surface area contributed by atoms with Gasteiger partial charge in [-0.2, -0.15) is 0 Å². The van der Waals surface area contributed by atoms with E-state index < -0.39 is 0 Å². The van der Waals surface area contributed by atoms with E-state index in [0.29, 0.717) is 13.2 Å². The first kappa shape index (κ1) is 30.2. The molecule has 2 heterocycles.